The summed E-state index contributed by atoms with van der Waals surface area (Å²) in [6.45, 7) is 0.893. The molecule has 0 atom stereocenters. The molecule has 2 N–H and O–H groups in total. The Morgan fingerprint density at radius 3 is 2.73 bits per heavy atom. The van der Waals surface area contributed by atoms with E-state index < -0.39 is 5.97 Å². The van der Waals surface area contributed by atoms with Crippen LogP contribution in [0.3, 0.4) is 0 Å². The third-order valence-corrected chi connectivity index (χ3v) is 2.96. The molecular weight excluding hydrogens is 190 g/mol. The minimum atomic E-state index is -0.869. The number of anilines is 1. The lowest BCUT2D eigenvalue weighted by Crippen LogP contribution is -2.21. The van der Waals surface area contributed by atoms with Crippen LogP contribution in [0.2, 0.25) is 0 Å². The van der Waals surface area contributed by atoms with Crippen LogP contribution in [0.5, 0.6) is 0 Å². The molecule has 3 nitrogen and oxygen atoms in total. The van der Waals surface area contributed by atoms with Crippen LogP contribution >= 0.6 is 0 Å². The van der Waals surface area contributed by atoms with Crippen molar-refractivity contribution in [3.05, 3.63) is 29.8 Å². The molecule has 0 radical (unpaired) electrons. The van der Waals surface area contributed by atoms with Gasteiger partial charge in [-0.15, -0.1) is 0 Å². The highest BCUT2D eigenvalue weighted by atomic mass is 16.4. The van der Waals surface area contributed by atoms with Crippen molar-refractivity contribution < 1.29 is 9.90 Å². The maximum Gasteiger partial charge on any atom is 0.337 e. The molecule has 1 saturated carbocycles. The van der Waals surface area contributed by atoms with Crippen LogP contribution in [-0.2, 0) is 0 Å². The van der Waals surface area contributed by atoms with Crippen LogP contribution in [0.25, 0.3) is 0 Å². The first-order chi connectivity index (χ1) is 7.27. The number of hydrogen-bond donors (Lipinski definition) is 2. The summed E-state index contributed by atoms with van der Waals surface area (Å²) in [6, 6.07) is 7.06. The zero-order valence-corrected chi connectivity index (χ0v) is 8.57. The Balaban J connectivity index is 2.02. The Morgan fingerprint density at radius 2 is 2.13 bits per heavy atom. The predicted octanol–water partition coefficient (Wildman–Crippen LogP) is 2.60. The van der Waals surface area contributed by atoms with Crippen molar-refractivity contribution in [2.24, 2.45) is 5.92 Å². The number of benzene rings is 1. The molecule has 15 heavy (non-hydrogen) atoms. The van der Waals surface area contributed by atoms with Crippen molar-refractivity contribution in [2.75, 3.05) is 11.9 Å². The fraction of sp³-hybridized carbons (Fsp3) is 0.417. The van der Waals surface area contributed by atoms with Gasteiger partial charge < -0.3 is 10.4 Å². The molecule has 0 aliphatic heterocycles. The van der Waals surface area contributed by atoms with Gasteiger partial charge in [-0.05, 0) is 30.9 Å². The lowest BCUT2D eigenvalue weighted by atomic mass is 9.85. The maximum atomic E-state index is 10.9. The molecule has 1 aliphatic rings. The molecule has 0 unspecified atom stereocenters. The summed E-state index contributed by atoms with van der Waals surface area (Å²) < 4.78 is 0. The van der Waals surface area contributed by atoms with Gasteiger partial charge >= 0.3 is 5.97 Å². The van der Waals surface area contributed by atoms with Crippen LogP contribution in [0.15, 0.2) is 24.3 Å². The topological polar surface area (TPSA) is 49.3 Å². The summed E-state index contributed by atoms with van der Waals surface area (Å²) in [6.07, 6.45) is 3.84. The Kier molecular flexibility index (Phi) is 2.90. The van der Waals surface area contributed by atoms with Crippen molar-refractivity contribution in [3.63, 3.8) is 0 Å². The molecule has 1 fully saturated rings. The lowest BCUT2D eigenvalue weighted by molar-refractivity contribution is 0.0698. The molecule has 3 heteroatoms. The van der Waals surface area contributed by atoms with Gasteiger partial charge in [0.15, 0.2) is 0 Å². The van der Waals surface area contributed by atoms with Gasteiger partial charge in [-0.1, -0.05) is 18.6 Å². The summed E-state index contributed by atoms with van der Waals surface area (Å²) in [4.78, 5) is 10.9. The molecule has 0 amide bonds. The second-order valence-electron chi connectivity index (χ2n) is 4.03. The first-order valence-electron chi connectivity index (χ1n) is 5.33. The van der Waals surface area contributed by atoms with Crippen LogP contribution in [0.1, 0.15) is 29.6 Å². The Morgan fingerprint density at radius 1 is 1.40 bits per heavy atom. The molecule has 0 bridgehead atoms. The molecule has 1 aromatic carbocycles. The zero-order chi connectivity index (χ0) is 10.7. The first kappa shape index (κ1) is 10.0. The quantitative estimate of drug-likeness (QED) is 0.794. The molecule has 0 saturated heterocycles. The van der Waals surface area contributed by atoms with E-state index in [-0.39, 0.29) is 0 Å². The number of nitrogens with one attached hydrogen (secondary N) is 1. The molecular formula is C12H15NO2. The molecule has 0 spiro atoms. The van der Waals surface area contributed by atoms with Gasteiger partial charge in [0.2, 0.25) is 0 Å². The van der Waals surface area contributed by atoms with Gasteiger partial charge in [0.25, 0.3) is 0 Å². The first-order valence-corrected chi connectivity index (χ1v) is 5.33. The standard InChI is InChI=1S/C12H15NO2/c14-12(15)10-6-1-2-7-11(10)13-8-9-4-3-5-9/h1-2,6-7,9,13H,3-5,8H2,(H,14,15). The minimum Gasteiger partial charge on any atom is -0.478 e. The number of hydrogen-bond acceptors (Lipinski definition) is 2. The lowest BCUT2D eigenvalue weighted by Gasteiger charge is -2.26. The Bertz CT molecular complexity index is 358. The van der Waals surface area contributed by atoms with Crippen molar-refractivity contribution in [3.8, 4) is 0 Å². The van der Waals surface area contributed by atoms with Crippen LogP contribution in [-0.4, -0.2) is 17.6 Å². The number of carbonyl (C=O) groups is 1. The summed E-state index contributed by atoms with van der Waals surface area (Å²) in [5.41, 5.74) is 1.09. The van der Waals surface area contributed by atoms with E-state index in [0.717, 1.165) is 18.2 Å². The number of aromatic carboxylic acids is 1. The van der Waals surface area contributed by atoms with Gasteiger partial charge in [0.1, 0.15) is 0 Å². The van der Waals surface area contributed by atoms with Gasteiger partial charge in [0.05, 0.1) is 5.56 Å². The average Bonchev–Trinajstić information content (AvgIpc) is 2.16. The van der Waals surface area contributed by atoms with E-state index in [2.05, 4.69) is 5.32 Å². The second-order valence-corrected chi connectivity index (χ2v) is 4.03. The van der Waals surface area contributed by atoms with Gasteiger partial charge in [-0.3, -0.25) is 0 Å². The smallest absolute Gasteiger partial charge is 0.337 e. The predicted molar refractivity (Wildman–Crippen MR) is 59.2 cm³/mol. The maximum absolute atomic E-state index is 10.9. The average molecular weight is 205 g/mol. The minimum absolute atomic E-state index is 0.358. The van der Waals surface area contributed by atoms with E-state index in [4.69, 9.17) is 5.11 Å². The highest BCUT2D eigenvalue weighted by Gasteiger charge is 2.17. The molecule has 80 valence electrons. The third-order valence-electron chi connectivity index (χ3n) is 2.96. The highest BCUT2D eigenvalue weighted by molar-refractivity contribution is 5.94. The van der Waals surface area contributed by atoms with Gasteiger partial charge in [-0.25, -0.2) is 4.79 Å². The van der Waals surface area contributed by atoms with E-state index in [1.54, 1.807) is 12.1 Å². The van der Waals surface area contributed by atoms with E-state index in [1.165, 1.54) is 19.3 Å². The van der Waals surface area contributed by atoms with Crippen molar-refractivity contribution in [2.45, 2.75) is 19.3 Å². The molecule has 2 rings (SSSR count). The summed E-state index contributed by atoms with van der Waals surface area (Å²) in [7, 11) is 0. The van der Waals surface area contributed by atoms with E-state index in [0.29, 0.717) is 5.56 Å². The SMILES string of the molecule is O=C(O)c1ccccc1NCC1CCC1. The monoisotopic (exact) mass is 205 g/mol. The molecule has 1 aliphatic carbocycles. The normalized spacial score (nSPS) is 15.7. The fourth-order valence-corrected chi connectivity index (χ4v) is 1.77. The number of rotatable bonds is 4. The van der Waals surface area contributed by atoms with Crippen molar-refractivity contribution in [1.29, 1.82) is 0 Å². The van der Waals surface area contributed by atoms with E-state index in [9.17, 15) is 4.79 Å². The Labute approximate surface area is 89.1 Å². The summed E-state index contributed by atoms with van der Waals surface area (Å²) in [5, 5.41) is 12.2. The van der Waals surface area contributed by atoms with Crippen molar-refractivity contribution in [1.82, 2.24) is 0 Å². The summed E-state index contributed by atoms with van der Waals surface area (Å²) in [5.74, 6) is -0.140. The number of para-hydroxylation sites is 1. The van der Waals surface area contributed by atoms with Gasteiger partial charge in [-0.2, -0.15) is 0 Å². The molecule has 0 heterocycles. The highest BCUT2D eigenvalue weighted by Crippen LogP contribution is 2.27. The summed E-state index contributed by atoms with van der Waals surface area (Å²) >= 11 is 0. The zero-order valence-electron chi connectivity index (χ0n) is 8.57. The Hall–Kier alpha value is -1.51. The molecule has 1 aromatic rings. The largest absolute Gasteiger partial charge is 0.478 e. The van der Waals surface area contributed by atoms with Crippen molar-refractivity contribution >= 4 is 11.7 Å². The van der Waals surface area contributed by atoms with E-state index in [1.807, 2.05) is 12.1 Å². The molecule has 0 aromatic heterocycles. The fourth-order valence-electron chi connectivity index (χ4n) is 1.77. The van der Waals surface area contributed by atoms with E-state index >= 15 is 0 Å². The van der Waals surface area contributed by atoms with Crippen LogP contribution in [0.4, 0.5) is 5.69 Å². The second kappa shape index (κ2) is 4.34. The third kappa shape index (κ3) is 2.29. The van der Waals surface area contributed by atoms with Gasteiger partial charge in [0, 0.05) is 12.2 Å². The number of carboxylic acid groups (broad SMARTS) is 1. The van der Waals surface area contributed by atoms with Crippen LogP contribution < -0.4 is 5.32 Å². The van der Waals surface area contributed by atoms with Crippen LogP contribution in [0, 0.1) is 5.92 Å². The number of carboxylic acids is 1.